The number of hydrogen-bond acceptors (Lipinski definition) is 3. The molecule has 6 heteroatoms. The molecule has 0 atom stereocenters. The molecule has 0 aliphatic rings. The second-order valence-corrected chi connectivity index (χ2v) is 6.22. The Balaban J connectivity index is 2.04. The highest BCUT2D eigenvalue weighted by molar-refractivity contribution is 9.10. The van der Waals surface area contributed by atoms with E-state index in [9.17, 15) is 4.79 Å². The molecule has 0 bridgehead atoms. The molecular weight excluding hydrogens is 368 g/mol. The molecule has 1 aromatic heterocycles. The number of carbonyl (C=O) groups is 1. The maximum Gasteiger partial charge on any atom is 0.258 e. The van der Waals surface area contributed by atoms with Gasteiger partial charge in [0, 0.05) is 22.1 Å². The largest absolute Gasteiger partial charge is 0.441 e. The van der Waals surface area contributed by atoms with Gasteiger partial charge >= 0.3 is 0 Å². The molecule has 4 nitrogen and oxygen atoms in total. The number of nitrogens with zero attached hydrogens (tertiary/aromatic N) is 1. The number of hydrogen-bond donors (Lipinski definition) is 1. The second-order valence-electron chi connectivity index (χ2n) is 4.90. The molecule has 0 saturated carbocycles. The lowest BCUT2D eigenvalue weighted by Gasteiger charge is -2.10. The summed E-state index contributed by atoms with van der Waals surface area (Å²) in [6.45, 7) is 3.60. The predicted octanol–water partition coefficient (Wildman–Crippen LogP) is 5.11. The van der Waals surface area contributed by atoms with Crippen LogP contribution in [0.4, 0.5) is 5.69 Å². The monoisotopic (exact) mass is 378 g/mol. The molecule has 112 valence electrons. The van der Waals surface area contributed by atoms with Crippen LogP contribution in [0.3, 0.4) is 0 Å². The van der Waals surface area contributed by atoms with E-state index in [0.29, 0.717) is 33.3 Å². The zero-order valence-corrected chi connectivity index (χ0v) is 14.2. The van der Waals surface area contributed by atoms with Gasteiger partial charge in [-0.3, -0.25) is 4.79 Å². The number of amides is 1. The van der Waals surface area contributed by atoms with E-state index in [1.165, 1.54) is 0 Å². The lowest BCUT2D eigenvalue weighted by atomic mass is 10.1. The van der Waals surface area contributed by atoms with E-state index in [4.69, 9.17) is 16.0 Å². The summed E-state index contributed by atoms with van der Waals surface area (Å²) >= 11 is 9.46. The first-order valence-electron chi connectivity index (χ1n) is 6.59. The number of oxazole rings is 1. The van der Waals surface area contributed by atoms with Gasteiger partial charge in [-0.1, -0.05) is 33.6 Å². The Morgan fingerprint density at radius 2 is 2.09 bits per heavy atom. The standard InChI is InChI=1S/C16H12BrClN2O2/c1-8-12(18)4-3-5-13(8)20-16(21)11-6-10(17)7-14-15(11)19-9(2)22-14/h3-7H,1-2H3,(H,20,21). The molecule has 0 saturated heterocycles. The molecule has 0 fully saturated rings. The van der Waals surface area contributed by atoms with Gasteiger partial charge in [-0.25, -0.2) is 4.98 Å². The van der Waals surface area contributed by atoms with Crippen LogP contribution in [-0.4, -0.2) is 10.9 Å². The molecule has 0 spiro atoms. The molecule has 3 aromatic rings. The maximum absolute atomic E-state index is 12.6. The highest BCUT2D eigenvalue weighted by atomic mass is 79.9. The van der Waals surface area contributed by atoms with Crippen molar-refractivity contribution in [2.45, 2.75) is 13.8 Å². The maximum atomic E-state index is 12.6. The van der Waals surface area contributed by atoms with Crippen molar-refractivity contribution in [1.82, 2.24) is 4.98 Å². The minimum Gasteiger partial charge on any atom is -0.441 e. The summed E-state index contributed by atoms with van der Waals surface area (Å²) in [6, 6.07) is 8.89. The summed E-state index contributed by atoms with van der Waals surface area (Å²) in [5.74, 6) is 0.256. The number of nitrogens with one attached hydrogen (secondary N) is 1. The fourth-order valence-corrected chi connectivity index (χ4v) is 2.82. The first-order chi connectivity index (χ1) is 10.5. The van der Waals surface area contributed by atoms with Gasteiger partial charge in [-0.2, -0.15) is 0 Å². The first-order valence-corrected chi connectivity index (χ1v) is 7.76. The zero-order chi connectivity index (χ0) is 15.9. The Bertz CT molecular complexity index is 889. The Morgan fingerprint density at radius 3 is 2.86 bits per heavy atom. The van der Waals surface area contributed by atoms with E-state index in [-0.39, 0.29) is 5.91 Å². The van der Waals surface area contributed by atoms with Crippen LogP contribution < -0.4 is 5.32 Å². The molecule has 1 heterocycles. The molecule has 0 unspecified atom stereocenters. The fourth-order valence-electron chi connectivity index (χ4n) is 2.21. The average molecular weight is 380 g/mol. The number of halogens is 2. The zero-order valence-electron chi connectivity index (χ0n) is 11.9. The number of anilines is 1. The molecular formula is C16H12BrClN2O2. The van der Waals surface area contributed by atoms with Crippen LogP contribution in [0.1, 0.15) is 21.8 Å². The normalized spacial score (nSPS) is 10.9. The van der Waals surface area contributed by atoms with Crippen LogP contribution in [0.2, 0.25) is 5.02 Å². The van der Waals surface area contributed by atoms with Gasteiger partial charge in [0.05, 0.1) is 5.56 Å². The fraction of sp³-hybridized carbons (Fsp3) is 0.125. The van der Waals surface area contributed by atoms with Crippen molar-refractivity contribution in [1.29, 1.82) is 0 Å². The summed E-state index contributed by atoms with van der Waals surface area (Å²) in [5, 5.41) is 3.48. The van der Waals surface area contributed by atoms with E-state index < -0.39 is 0 Å². The number of aryl methyl sites for hydroxylation is 1. The molecule has 3 rings (SSSR count). The molecule has 22 heavy (non-hydrogen) atoms. The van der Waals surface area contributed by atoms with Crippen molar-refractivity contribution in [3.05, 3.63) is 56.8 Å². The van der Waals surface area contributed by atoms with E-state index in [2.05, 4.69) is 26.2 Å². The van der Waals surface area contributed by atoms with Crippen molar-refractivity contribution in [2.24, 2.45) is 0 Å². The molecule has 1 amide bonds. The Morgan fingerprint density at radius 1 is 1.32 bits per heavy atom. The van der Waals surface area contributed by atoms with Crippen LogP contribution in [-0.2, 0) is 0 Å². The quantitative estimate of drug-likeness (QED) is 0.673. The van der Waals surface area contributed by atoms with Crippen molar-refractivity contribution in [3.8, 4) is 0 Å². The Labute approximate surface area is 140 Å². The number of carbonyl (C=O) groups excluding carboxylic acids is 1. The highest BCUT2D eigenvalue weighted by Gasteiger charge is 2.17. The summed E-state index contributed by atoms with van der Waals surface area (Å²) < 4.78 is 6.24. The third kappa shape index (κ3) is 2.74. The van der Waals surface area contributed by atoms with Gasteiger partial charge in [0.2, 0.25) is 0 Å². The smallest absolute Gasteiger partial charge is 0.258 e. The van der Waals surface area contributed by atoms with Crippen molar-refractivity contribution in [2.75, 3.05) is 5.32 Å². The first kappa shape index (κ1) is 15.1. The van der Waals surface area contributed by atoms with Gasteiger partial charge < -0.3 is 9.73 Å². The summed E-state index contributed by atoms with van der Waals surface area (Å²) in [5.41, 5.74) is 3.05. The van der Waals surface area contributed by atoms with Crippen LogP contribution in [0.25, 0.3) is 11.1 Å². The molecule has 2 aromatic carbocycles. The number of fused-ring (bicyclic) bond motifs is 1. The summed E-state index contributed by atoms with van der Waals surface area (Å²) in [4.78, 5) is 16.9. The Hall–Kier alpha value is -1.85. The van der Waals surface area contributed by atoms with Crippen molar-refractivity contribution < 1.29 is 9.21 Å². The van der Waals surface area contributed by atoms with Crippen LogP contribution in [0.5, 0.6) is 0 Å². The van der Waals surface area contributed by atoms with Gasteiger partial charge in [0.1, 0.15) is 5.52 Å². The lowest BCUT2D eigenvalue weighted by molar-refractivity contribution is 0.102. The third-order valence-corrected chi connectivity index (χ3v) is 4.19. The predicted molar refractivity (Wildman–Crippen MR) is 90.6 cm³/mol. The van der Waals surface area contributed by atoms with Gasteiger partial charge in [0.15, 0.2) is 11.5 Å². The lowest BCUT2D eigenvalue weighted by Crippen LogP contribution is -2.13. The molecule has 1 N–H and O–H groups in total. The van der Waals surface area contributed by atoms with Gasteiger partial charge in [0.25, 0.3) is 5.91 Å². The van der Waals surface area contributed by atoms with Crippen LogP contribution >= 0.6 is 27.5 Å². The summed E-state index contributed by atoms with van der Waals surface area (Å²) in [7, 11) is 0. The van der Waals surface area contributed by atoms with Crippen LogP contribution in [0.15, 0.2) is 39.2 Å². The third-order valence-electron chi connectivity index (χ3n) is 3.33. The van der Waals surface area contributed by atoms with E-state index >= 15 is 0 Å². The second kappa shape index (κ2) is 5.74. The number of benzene rings is 2. The molecule has 0 aliphatic carbocycles. The van der Waals surface area contributed by atoms with Crippen molar-refractivity contribution >= 4 is 50.2 Å². The van der Waals surface area contributed by atoms with E-state index in [1.807, 2.05) is 13.0 Å². The minimum absolute atomic E-state index is 0.259. The molecule has 0 aliphatic heterocycles. The highest BCUT2D eigenvalue weighted by Crippen LogP contribution is 2.27. The van der Waals surface area contributed by atoms with Gasteiger partial charge in [-0.15, -0.1) is 0 Å². The number of aromatic nitrogens is 1. The Kier molecular flexibility index (Phi) is 3.93. The minimum atomic E-state index is -0.259. The van der Waals surface area contributed by atoms with Crippen molar-refractivity contribution in [3.63, 3.8) is 0 Å². The average Bonchev–Trinajstić information content (AvgIpc) is 2.82. The summed E-state index contributed by atoms with van der Waals surface area (Å²) in [6.07, 6.45) is 0. The topological polar surface area (TPSA) is 55.1 Å². The van der Waals surface area contributed by atoms with E-state index in [1.54, 1.807) is 31.2 Å². The van der Waals surface area contributed by atoms with E-state index in [0.717, 1.165) is 10.0 Å². The van der Waals surface area contributed by atoms with Gasteiger partial charge in [-0.05, 0) is 36.8 Å². The molecule has 0 radical (unpaired) electrons. The SMILES string of the molecule is Cc1nc2c(C(=O)Nc3cccc(Cl)c3C)cc(Br)cc2o1. The van der Waals surface area contributed by atoms with Crippen LogP contribution in [0, 0.1) is 13.8 Å². The number of rotatable bonds is 2.